The molecule has 0 saturated carbocycles. The largest absolute Gasteiger partial charge is 0.432 e. The maximum Gasteiger partial charge on any atom is 0.387 e. The van der Waals surface area contributed by atoms with Crippen LogP contribution in [0.3, 0.4) is 0 Å². The molecule has 0 bridgehead atoms. The molecule has 0 aliphatic heterocycles. The average molecular weight is 277 g/mol. The Bertz CT molecular complexity index is 419. The highest BCUT2D eigenvalue weighted by Gasteiger charge is 2.16. The van der Waals surface area contributed by atoms with E-state index in [1.165, 1.54) is 12.1 Å². The van der Waals surface area contributed by atoms with Crippen LogP contribution in [0.4, 0.5) is 13.2 Å². The number of rotatable bonds is 6. The third-order valence-electron chi connectivity index (χ3n) is 2.32. The van der Waals surface area contributed by atoms with Gasteiger partial charge in [-0.25, -0.2) is 4.39 Å². The summed E-state index contributed by atoms with van der Waals surface area (Å²) in [5, 5.41) is 9.64. The van der Waals surface area contributed by atoms with Crippen molar-refractivity contribution in [1.29, 1.82) is 0 Å². The van der Waals surface area contributed by atoms with Gasteiger partial charge in [0, 0.05) is 13.1 Å². The fourth-order valence-electron chi connectivity index (χ4n) is 1.86. The molecule has 1 aromatic rings. The summed E-state index contributed by atoms with van der Waals surface area (Å²) >= 11 is 0. The van der Waals surface area contributed by atoms with Crippen molar-refractivity contribution >= 4 is 0 Å². The number of nitrogens with zero attached hydrogens (tertiary/aromatic N) is 1. The predicted molar refractivity (Wildman–Crippen MR) is 65.7 cm³/mol. The van der Waals surface area contributed by atoms with Crippen LogP contribution in [0.2, 0.25) is 0 Å². The van der Waals surface area contributed by atoms with Crippen LogP contribution in [0.15, 0.2) is 18.2 Å². The predicted octanol–water partition coefficient (Wildman–Crippen LogP) is 2.63. The first-order valence-electron chi connectivity index (χ1n) is 5.81. The summed E-state index contributed by atoms with van der Waals surface area (Å²) in [6, 6.07) is 3.84. The Kier molecular flexibility index (Phi) is 5.20. The molecule has 0 atom stereocenters. The molecule has 0 aliphatic carbocycles. The molecule has 0 radical (unpaired) electrons. The molecule has 1 rings (SSSR count). The lowest BCUT2D eigenvalue weighted by atomic mass is 10.1. The maximum atomic E-state index is 13.5. The van der Waals surface area contributed by atoms with Gasteiger partial charge in [0.2, 0.25) is 0 Å². The molecular formula is C13H18F3NO2. The zero-order valence-corrected chi connectivity index (χ0v) is 11.2. The van der Waals surface area contributed by atoms with Gasteiger partial charge < -0.3 is 9.84 Å². The minimum Gasteiger partial charge on any atom is -0.432 e. The van der Waals surface area contributed by atoms with E-state index in [4.69, 9.17) is 0 Å². The Morgan fingerprint density at radius 1 is 1.37 bits per heavy atom. The fourth-order valence-corrected chi connectivity index (χ4v) is 1.86. The van der Waals surface area contributed by atoms with E-state index in [1.54, 1.807) is 20.9 Å². The van der Waals surface area contributed by atoms with Gasteiger partial charge in [0.05, 0.1) is 5.60 Å². The fraction of sp³-hybridized carbons (Fsp3) is 0.538. The second-order valence-corrected chi connectivity index (χ2v) is 5.13. The van der Waals surface area contributed by atoms with Crippen LogP contribution in [0.5, 0.6) is 5.75 Å². The molecule has 0 aromatic heterocycles. The number of benzene rings is 1. The summed E-state index contributed by atoms with van der Waals surface area (Å²) in [5.41, 5.74) is -0.239. The van der Waals surface area contributed by atoms with E-state index >= 15 is 0 Å². The summed E-state index contributed by atoms with van der Waals surface area (Å²) in [7, 11) is 1.78. The second kappa shape index (κ2) is 6.25. The van der Waals surface area contributed by atoms with Gasteiger partial charge in [0.1, 0.15) is 0 Å². The lowest BCUT2D eigenvalue weighted by Crippen LogP contribution is -2.35. The number of hydrogen-bond donors (Lipinski definition) is 1. The van der Waals surface area contributed by atoms with Gasteiger partial charge in [-0.2, -0.15) is 8.78 Å². The highest BCUT2D eigenvalue weighted by atomic mass is 19.3. The SMILES string of the molecule is CN(Cc1ccc(OC(F)F)c(F)c1)CC(C)(C)O. The Balaban J connectivity index is 2.68. The molecule has 0 amide bonds. The van der Waals surface area contributed by atoms with Crippen molar-refractivity contribution in [3.05, 3.63) is 29.6 Å². The van der Waals surface area contributed by atoms with Crippen LogP contribution < -0.4 is 4.74 Å². The van der Waals surface area contributed by atoms with Crippen molar-refractivity contribution in [2.24, 2.45) is 0 Å². The first-order valence-corrected chi connectivity index (χ1v) is 5.81. The van der Waals surface area contributed by atoms with Crippen molar-refractivity contribution < 1.29 is 23.0 Å². The lowest BCUT2D eigenvalue weighted by molar-refractivity contribution is -0.0522. The van der Waals surface area contributed by atoms with Gasteiger partial charge in [-0.05, 0) is 38.6 Å². The molecule has 0 saturated heterocycles. The number of alkyl halides is 2. The van der Waals surface area contributed by atoms with Crippen LogP contribution >= 0.6 is 0 Å². The topological polar surface area (TPSA) is 32.7 Å². The number of hydrogen-bond acceptors (Lipinski definition) is 3. The molecule has 19 heavy (non-hydrogen) atoms. The van der Waals surface area contributed by atoms with Gasteiger partial charge >= 0.3 is 6.61 Å². The number of likely N-dealkylation sites (N-methyl/N-ethyl adjacent to an activating group) is 1. The van der Waals surface area contributed by atoms with Crippen molar-refractivity contribution in [3.63, 3.8) is 0 Å². The number of ether oxygens (including phenoxy) is 1. The molecule has 6 heteroatoms. The molecule has 0 fully saturated rings. The van der Waals surface area contributed by atoms with E-state index < -0.39 is 23.8 Å². The van der Waals surface area contributed by atoms with Crippen LogP contribution in [0, 0.1) is 5.82 Å². The average Bonchev–Trinajstić information content (AvgIpc) is 2.18. The van der Waals surface area contributed by atoms with Crippen LogP contribution in [0.1, 0.15) is 19.4 Å². The zero-order chi connectivity index (χ0) is 14.6. The third kappa shape index (κ3) is 5.94. The molecule has 3 nitrogen and oxygen atoms in total. The Morgan fingerprint density at radius 2 is 2.00 bits per heavy atom. The quantitative estimate of drug-likeness (QED) is 0.867. The van der Waals surface area contributed by atoms with E-state index in [9.17, 15) is 18.3 Å². The Morgan fingerprint density at radius 3 is 2.47 bits per heavy atom. The van der Waals surface area contributed by atoms with Crippen LogP contribution in [-0.2, 0) is 6.54 Å². The Labute approximate surface area is 110 Å². The van der Waals surface area contributed by atoms with E-state index in [2.05, 4.69) is 4.74 Å². The molecular weight excluding hydrogens is 259 g/mol. The van der Waals surface area contributed by atoms with E-state index in [1.807, 2.05) is 4.90 Å². The Hall–Kier alpha value is -1.27. The molecule has 1 N–H and O–H groups in total. The van der Waals surface area contributed by atoms with E-state index in [-0.39, 0.29) is 0 Å². The first kappa shape index (κ1) is 15.8. The molecule has 108 valence electrons. The smallest absolute Gasteiger partial charge is 0.387 e. The normalized spacial score (nSPS) is 12.3. The van der Waals surface area contributed by atoms with Crippen LogP contribution in [-0.4, -0.2) is 35.8 Å². The van der Waals surface area contributed by atoms with Crippen molar-refractivity contribution in [2.45, 2.75) is 32.6 Å². The lowest BCUT2D eigenvalue weighted by Gasteiger charge is -2.25. The summed E-state index contributed by atoms with van der Waals surface area (Å²) in [5.74, 6) is -1.29. The van der Waals surface area contributed by atoms with Gasteiger partial charge in [-0.1, -0.05) is 6.07 Å². The highest BCUT2D eigenvalue weighted by Crippen LogP contribution is 2.21. The minimum absolute atomic E-state index is 0.399. The third-order valence-corrected chi connectivity index (χ3v) is 2.32. The van der Waals surface area contributed by atoms with Gasteiger partial charge in [-0.3, -0.25) is 4.90 Å². The van der Waals surface area contributed by atoms with Gasteiger partial charge in [0.15, 0.2) is 11.6 Å². The number of aliphatic hydroxyl groups is 1. The second-order valence-electron chi connectivity index (χ2n) is 5.13. The standard InChI is InChI=1S/C13H18F3NO2/c1-13(2,18)8-17(3)7-9-4-5-11(10(14)6-9)19-12(15)16/h4-6,12,18H,7-8H2,1-3H3. The summed E-state index contributed by atoms with van der Waals surface area (Å²) in [6.45, 7) is 1.10. The summed E-state index contributed by atoms with van der Waals surface area (Å²) in [4.78, 5) is 1.81. The zero-order valence-electron chi connectivity index (χ0n) is 11.2. The number of halogens is 3. The van der Waals surface area contributed by atoms with Gasteiger partial charge in [-0.15, -0.1) is 0 Å². The molecule has 1 aromatic carbocycles. The summed E-state index contributed by atoms with van der Waals surface area (Å²) in [6.07, 6.45) is 0. The highest BCUT2D eigenvalue weighted by molar-refractivity contribution is 5.29. The van der Waals surface area contributed by atoms with Crippen LogP contribution in [0.25, 0.3) is 0 Å². The maximum absolute atomic E-state index is 13.5. The van der Waals surface area contributed by atoms with Crippen molar-refractivity contribution in [1.82, 2.24) is 4.90 Å². The molecule has 0 spiro atoms. The van der Waals surface area contributed by atoms with Gasteiger partial charge in [0.25, 0.3) is 0 Å². The van der Waals surface area contributed by atoms with E-state index in [0.29, 0.717) is 18.7 Å². The molecule has 0 heterocycles. The monoisotopic (exact) mass is 277 g/mol. The van der Waals surface area contributed by atoms with Crippen molar-refractivity contribution in [3.8, 4) is 5.75 Å². The summed E-state index contributed by atoms with van der Waals surface area (Å²) < 4.78 is 41.4. The van der Waals surface area contributed by atoms with Crippen molar-refractivity contribution in [2.75, 3.05) is 13.6 Å². The minimum atomic E-state index is -3.04. The van der Waals surface area contributed by atoms with E-state index in [0.717, 1.165) is 6.07 Å². The molecule has 0 aliphatic rings. The first-order chi connectivity index (χ1) is 8.67. The molecule has 0 unspecified atom stereocenters.